The standard InChI is InChI=1S/C15H16BrNO3S/c1-20-13-5-8-15(16)11(9-13)10-17-12-3-6-14(7-4-12)21(2,18)19/h3-9,17H,10H2,1-2H3. The van der Waals surface area contributed by atoms with E-state index in [0.717, 1.165) is 21.5 Å². The molecule has 0 spiro atoms. The minimum Gasteiger partial charge on any atom is -0.497 e. The van der Waals surface area contributed by atoms with E-state index >= 15 is 0 Å². The molecule has 112 valence electrons. The summed E-state index contributed by atoms with van der Waals surface area (Å²) in [6.07, 6.45) is 1.20. The molecule has 2 rings (SSSR count). The zero-order chi connectivity index (χ0) is 15.5. The molecule has 0 aliphatic carbocycles. The molecule has 1 N–H and O–H groups in total. The summed E-state index contributed by atoms with van der Waals surface area (Å²) in [5.74, 6) is 0.794. The lowest BCUT2D eigenvalue weighted by atomic mass is 10.2. The number of nitrogens with one attached hydrogen (secondary N) is 1. The Hall–Kier alpha value is -1.53. The summed E-state index contributed by atoms with van der Waals surface area (Å²) in [6, 6.07) is 12.5. The van der Waals surface area contributed by atoms with E-state index in [2.05, 4.69) is 21.2 Å². The van der Waals surface area contributed by atoms with Crippen LogP contribution in [0.25, 0.3) is 0 Å². The van der Waals surface area contributed by atoms with Crippen molar-refractivity contribution in [3.8, 4) is 5.75 Å². The van der Waals surface area contributed by atoms with E-state index in [-0.39, 0.29) is 0 Å². The second-order valence-corrected chi connectivity index (χ2v) is 7.48. The molecule has 0 aromatic heterocycles. The average molecular weight is 370 g/mol. The van der Waals surface area contributed by atoms with Crippen molar-refractivity contribution in [1.82, 2.24) is 0 Å². The normalized spacial score (nSPS) is 11.2. The maximum absolute atomic E-state index is 11.4. The topological polar surface area (TPSA) is 55.4 Å². The Morgan fingerprint density at radius 2 is 1.81 bits per heavy atom. The molecule has 0 aliphatic heterocycles. The third kappa shape index (κ3) is 4.22. The molecule has 0 heterocycles. The number of anilines is 1. The number of ether oxygens (including phenoxy) is 1. The van der Waals surface area contributed by atoms with Crippen molar-refractivity contribution in [2.75, 3.05) is 18.7 Å². The predicted molar refractivity (Wildman–Crippen MR) is 87.6 cm³/mol. The van der Waals surface area contributed by atoms with Crippen LogP contribution in [0.4, 0.5) is 5.69 Å². The number of sulfone groups is 1. The van der Waals surface area contributed by atoms with E-state index in [4.69, 9.17) is 4.74 Å². The van der Waals surface area contributed by atoms with Crippen molar-refractivity contribution < 1.29 is 13.2 Å². The quantitative estimate of drug-likeness (QED) is 0.876. The number of benzene rings is 2. The van der Waals surface area contributed by atoms with Gasteiger partial charge in [-0.25, -0.2) is 8.42 Å². The van der Waals surface area contributed by atoms with E-state index in [0.29, 0.717) is 11.4 Å². The molecule has 2 aromatic rings. The molecular formula is C15H16BrNO3S. The fourth-order valence-corrected chi connectivity index (χ4v) is 2.85. The van der Waals surface area contributed by atoms with Gasteiger partial charge < -0.3 is 10.1 Å². The molecule has 0 atom stereocenters. The Balaban J connectivity index is 2.10. The van der Waals surface area contributed by atoms with Crippen molar-refractivity contribution in [1.29, 1.82) is 0 Å². The van der Waals surface area contributed by atoms with Crippen LogP contribution in [-0.2, 0) is 16.4 Å². The fourth-order valence-electron chi connectivity index (χ4n) is 1.83. The monoisotopic (exact) mass is 369 g/mol. The second kappa shape index (κ2) is 6.49. The Kier molecular flexibility index (Phi) is 4.90. The van der Waals surface area contributed by atoms with Crippen LogP contribution in [0.5, 0.6) is 5.75 Å². The summed E-state index contributed by atoms with van der Waals surface area (Å²) < 4.78 is 29.0. The molecule has 0 saturated carbocycles. The lowest BCUT2D eigenvalue weighted by Gasteiger charge is -2.10. The van der Waals surface area contributed by atoms with Gasteiger partial charge in [-0.3, -0.25) is 0 Å². The Morgan fingerprint density at radius 3 is 2.38 bits per heavy atom. The first-order chi connectivity index (χ1) is 9.90. The van der Waals surface area contributed by atoms with Crippen LogP contribution in [0.15, 0.2) is 51.8 Å². The van der Waals surface area contributed by atoms with Crippen molar-refractivity contribution in [3.63, 3.8) is 0 Å². The third-order valence-corrected chi connectivity index (χ3v) is 4.92. The van der Waals surface area contributed by atoms with E-state index in [1.165, 1.54) is 6.26 Å². The Morgan fingerprint density at radius 1 is 1.14 bits per heavy atom. The van der Waals surface area contributed by atoms with Gasteiger partial charge in [0.1, 0.15) is 5.75 Å². The van der Waals surface area contributed by atoms with Gasteiger partial charge in [-0.15, -0.1) is 0 Å². The van der Waals surface area contributed by atoms with Crippen LogP contribution >= 0.6 is 15.9 Å². The van der Waals surface area contributed by atoms with Gasteiger partial charge in [0.2, 0.25) is 0 Å². The molecule has 0 fully saturated rings. The van der Waals surface area contributed by atoms with E-state index in [1.807, 2.05) is 18.2 Å². The molecular weight excluding hydrogens is 354 g/mol. The van der Waals surface area contributed by atoms with Gasteiger partial charge in [-0.05, 0) is 48.0 Å². The highest BCUT2D eigenvalue weighted by Crippen LogP contribution is 2.23. The maximum Gasteiger partial charge on any atom is 0.175 e. The molecule has 6 heteroatoms. The first kappa shape index (κ1) is 15.9. The molecule has 4 nitrogen and oxygen atoms in total. The molecule has 21 heavy (non-hydrogen) atoms. The van der Waals surface area contributed by atoms with Crippen LogP contribution in [0.3, 0.4) is 0 Å². The van der Waals surface area contributed by atoms with Gasteiger partial charge in [0.25, 0.3) is 0 Å². The molecule has 0 radical (unpaired) electrons. The van der Waals surface area contributed by atoms with Crippen LogP contribution in [0.1, 0.15) is 5.56 Å². The van der Waals surface area contributed by atoms with Gasteiger partial charge >= 0.3 is 0 Å². The highest BCUT2D eigenvalue weighted by Gasteiger charge is 2.06. The molecule has 0 aliphatic rings. The van der Waals surface area contributed by atoms with Crippen LogP contribution in [0.2, 0.25) is 0 Å². The Labute approximate surface area is 133 Å². The average Bonchev–Trinajstić information content (AvgIpc) is 2.46. The van der Waals surface area contributed by atoms with E-state index < -0.39 is 9.84 Å². The molecule has 0 saturated heterocycles. The smallest absolute Gasteiger partial charge is 0.175 e. The molecule has 0 amide bonds. The number of halogens is 1. The maximum atomic E-state index is 11.4. The summed E-state index contributed by atoms with van der Waals surface area (Å²) >= 11 is 3.50. The van der Waals surface area contributed by atoms with Gasteiger partial charge in [0.15, 0.2) is 9.84 Å². The van der Waals surface area contributed by atoms with Crippen molar-refractivity contribution in [2.24, 2.45) is 0 Å². The summed E-state index contributed by atoms with van der Waals surface area (Å²) in [6.45, 7) is 0.607. The van der Waals surface area contributed by atoms with Gasteiger partial charge in [-0.1, -0.05) is 15.9 Å². The predicted octanol–water partition coefficient (Wildman–Crippen LogP) is 3.47. The van der Waals surface area contributed by atoms with Crippen molar-refractivity contribution in [3.05, 3.63) is 52.5 Å². The number of methoxy groups -OCH3 is 1. The SMILES string of the molecule is COc1ccc(Br)c(CNc2ccc(S(C)(=O)=O)cc2)c1. The summed E-state index contributed by atoms with van der Waals surface area (Å²) in [5.41, 5.74) is 1.92. The minimum atomic E-state index is -3.15. The highest BCUT2D eigenvalue weighted by molar-refractivity contribution is 9.10. The fraction of sp³-hybridized carbons (Fsp3) is 0.200. The van der Waals surface area contributed by atoms with Gasteiger partial charge in [0.05, 0.1) is 12.0 Å². The summed E-state index contributed by atoms with van der Waals surface area (Å²) in [4.78, 5) is 0.315. The van der Waals surface area contributed by atoms with Crippen LogP contribution < -0.4 is 10.1 Å². The first-order valence-electron chi connectivity index (χ1n) is 6.26. The highest BCUT2D eigenvalue weighted by atomic mass is 79.9. The third-order valence-electron chi connectivity index (χ3n) is 3.02. The zero-order valence-electron chi connectivity index (χ0n) is 11.8. The number of hydrogen-bond donors (Lipinski definition) is 1. The summed E-state index contributed by atoms with van der Waals surface area (Å²) in [5, 5.41) is 3.25. The number of hydrogen-bond acceptors (Lipinski definition) is 4. The Bertz CT molecular complexity index is 727. The second-order valence-electron chi connectivity index (χ2n) is 4.61. The lowest BCUT2D eigenvalue weighted by molar-refractivity contribution is 0.414. The molecule has 0 unspecified atom stereocenters. The van der Waals surface area contributed by atoms with Gasteiger partial charge in [0, 0.05) is 23.0 Å². The van der Waals surface area contributed by atoms with Gasteiger partial charge in [-0.2, -0.15) is 0 Å². The van der Waals surface area contributed by atoms with Crippen molar-refractivity contribution >= 4 is 31.5 Å². The largest absolute Gasteiger partial charge is 0.497 e. The van der Waals surface area contributed by atoms with Crippen molar-refractivity contribution in [2.45, 2.75) is 11.4 Å². The molecule has 2 aromatic carbocycles. The van der Waals surface area contributed by atoms with E-state index in [9.17, 15) is 8.42 Å². The minimum absolute atomic E-state index is 0.315. The zero-order valence-corrected chi connectivity index (χ0v) is 14.2. The first-order valence-corrected chi connectivity index (χ1v) is 8.95. The molecule has 0 bridgehead atoms. The van der Waals surface area contributed by atoms with Crippen LogP contribution in [-0.4, -0.2) is 21.8 Å². The van der Waals surface area contributed by atoms with E-state index in [1.54, 1.807) is 31.4 Å². The number of rotatable bonds is 5. The lowest BCUT2D eigenvalue weighted by Crippen LogP contribution is -2.02. The van der Waals surface area contributed by atoms with Crippen LogP contribution in [0, 0.1) is 0 Å². The summed E-state index contributed by atoms with van der Waals surface area (Å²) in [7, 11) is -1.52.